The Balaban J connectivity index is 2.41. The van der Waals surface area contributed by atoms with Gasteiger partial charge in [0.05, 0.1) is 0 Å². The van der Waals surface area contributed by atoms with Crippen LogP contribution in [0.5, 0.6) is 0 Å². The van der Waals surface area contributed by atoms with E-state index in [4.69, 9.17) is 5.73 Å². The van der Waals surface area contributed by atoms with E-state index in [2.05, 4.69) is 31.8 Å². The van der Waals surface area contributed by atoms with Crippen LogP contribution in [0.15, 0.2) is 18.3 Å². The van der Waals surface area contributed by atoms with Crippen molar-refractivity contribution in [3.05, 3.63) is 29.6 Å². The third-order valence-electron chi connectivity index (χ3n) is 4.53. The molecular formula is C15H24N2. The molecule has 0 saturated carbocycles. The average molecular weight is 232 g/mol. The maximum atomic E-state index is 6.69. The van der Waals surface area contributed by atoms with Gasteiger partial charge in [0.1, 0.15) is 0 Å². The van der Waals surface area contributed by atoms with Crippen molar-refractivity contribution in [1.29, 1.82) is 0 Å². The van der Waals surface area contributed by atoms with Crippen LogP contribution in [-0.2, 0) is 6.42 Å². The second kappa shape index (κ2) is 4.77. The summed E-state index contributed by atoms with van der Waals surface area (Å²) in [4.78, 5) is 4.62. The quantitative estimate of drug-likeness (QED) is 0.868. The maximum Gasteiger partial charge on any atom is 0.0484 e. The van der Waals surface area contributed by atoms with Crippen molar-refractivity contribution in [2.45, 2.75) is 57.9 Å². The summed E-state index contributed by atoms with van der Waals surface area (Å²) in [6.07, 6.45) is 6.53. The van der Waals surface area contributed by atoms with E-state index in [-0.39, 0.29) is 5.54 Å². The van der Waals surface area contributed by atoms with E-state index < -0.39 is 0 Å². The van der Waals surface area contributed by atoms with Gasteiger partial charge in [0.25, 0.3) is 0 Å². The number of aryl methyl sites for hydroxylation is 1. The Hall–Kier alpha value is -0.890. The van der Waals surface area contributed by atoms with Gasteiger partial charge in [0.15, 0.2) is 0 Å². The van der Waals surface area contributed by atoms with Gasteiger partial charge in [-0.05, 0) is 43.2 Å². The summed E-state index contributed by atoms with van der Waals surface area (Å²) in [7, 11) is 0. The van der Waals surface area contributed by atoms with Gasteiger partial charge < -0.3 is 5.73 Å². The summed E-state index contributed by atoms with van der Waals surface area (Å²) in [5.41, 5.74) is 9.25. The van der Waals surface area contributed by atoms with Crippen molar-refractivity contribution in [3.8, 4) is 0 Å². The zero-order chi connectivity index (χ0) is 12.5. The highest BCUT2D eigenvalue weighted by atomic mass is 14.8. The summed E-state index contributed by atoms with van der Waals surface area (Å²) in [5.74, 6) is 0.919. The van der Waals surface area contributed by atoms with Gasteiger partial charge in [-0.25, -0.2) is 0 Å². The van der Waals surface area contributed by atoms with E-state index in [1.165, 1.54) is 24.1 Å². The van der Waals surface area contributed by atoms with Crippen LogP contribution in [0, 0.1) is 5.92 Å². The molecule has 2 heteroatoms. The molecule has 0 bridgehead atoms. The van der Waals surface area contributed by atoms with E-state index in [1.54, 1.807) is 0 Å². The molecule has 0 radical (unpaired) electrons. The molecule has 2 atom stereocenters. The minimum absolute atomic E-state index is 0.108. The zero-order valence-corrected chi connectivity index (χ0v) is 11.2. The molecular weight excluding hydrogens is 208 g/mol. The molecule has 0 fully saturated rings. The largest absolute Gasteiger partial charge is 0.324 e. The highest BCUT2D eigenvalue weighted by Gasteiger charge is 2.39. The average Bonchev–Trinajstić information content (AvgIpc) is 2.37. The van der Waals surface area contributed by atoms with E-state index in [9.17, 15) is 0 Å². The summed E-state index contributed by atoms with van der Waals surface area (Å²) in [6.45, 7) is 6.68. The van der Waals surface area contributed by atoms with Gasteiger partial charge in [-0.2, -0.15) is 0 Å². The topological polar surface area (TPSA) is 38.9 Å². The van der Waals surface area contributed by atoms with Crippen molar-refractivity contribution in [2.75, 3.05) is 0 Å². The van der Waals surface area contributed by atoms with Crippen molar-refractivity contribution >= 4 is 0 Å². The van der Waals surface area contributed by atoms with Gasteiger partial charge in [-0.3, -0.25) is 4.98 Å². The van der Waals surface area contributed by atoms with Crippen molar-refractivity contribution < 1.29 is 0 Å². The molecule has 0 saturated heterocycles. The SMILES string of the molecule is CCC(N)(C(C)C)C1CCCc2cccnc21. The number of nitrogens with zero attached hydrogens (tertiary/aromatic N) is 1. The van der Waals surface area contributed by atoms with E-state index >= 15 is 0 Å². The molecule has 0 aromatic carbocycles. The number of rotatable bonds is 3. The first-order valence-electron chi connectivity index (χ1n) is 6.82. The first-order valence-corrected chi connectivity index (χ1v) is 6.82. The molecule has 0 amide bonds. The fraction of sp³-hybridized carbons (Fsp3) is 0.667. The maximum absolute atomic E-state index is 6.69. The van der Waals surface area contributed by atoms with Crippen LogP contribution in [0.4, 0.5) is 0 Å². The van der Waals surface area contributed by atoms with E-state index in [1.807, 2.05) is 12.3 Å². The number of pyridine rings is 1. The first-order chi connectivity index (χ1) is 8.09. The number of fused-ring (bicyclic) bond motifs is 1. The molecule has 2 N–H and O–H groups in total. The van der Waals surface area contributed by atoms with Crippen LogP contribution >= 0.6 is 0 Å². The predicted molar refractivity (Wildman–Crippen MR) is 72.0 cm³/mol. The van der Waals surface area contributed by atoms with Crippen LogP contribution < -0.4 is 5.73 Å². The fourth-order valence-electron chi connectivity index (χ4n) is 3.19. The number of nitrogens with two attached hydrogens (primary N) is 1. The molecule has 1 aromatic rings. The lowest BCUT2D eigenvalue weighted by molar-refractivity contribution is 0.221. The second-order valence-corrected chi connectivity index (χ2v) is 5.61. The standard InChI is InChI=1S/C15H24N2/c1-4-15(16,11(2)3)13-9-5-7-12-8-6-10-17-14(12)13/h6,8,10-11,13H,4-5,7,9,16H2,1-3H3. The molecule has 2 rings (SSSR count). The molecule has 2 unspecified atom stereocenters. The predicted octanol–water partition coefficient (Wildman–Crippen LogP) is 3.27. The second-order valence-electron chi connectivity index (χ2n) is 5.61. The van der Waals surface area contributed by atoms with Crippen molar-refractivity contribution in [1.82, 2.24) is 4.98 Å². The molecule has 0 spiro atoms. The Morgan fingerprint density at radius 2 is 2.29 bits per heavy atom. The molecule has 94 valence electrons. The van der Waals surface area contributed by atoms with Gasteiger partial charge in [-0.1, -0.05) is 26.8 Å². The fourth-order valence-corrected chi connectivity index (χ4v) is 3.19. The minimum Gasteiger partial charge on any atom is -0.324 e. The monoisotopic (exact) mass is 232 g/mol. The Bertz CT molecular complexity index is 386. The van der Waals surface area contributed by atoms with E-state index in [0.717, 1.165) is 12.8 Å². The molecule has 0 aliphatic heterocycles. The van der Waals surface area contributed by atoms with Crippen LogP contribution in [0.25, 0.3) is 0 Å². The Labute approximate surface area is 105 Å². The van der Waals surface area contributed by atoms with Gasteiger partial charge >= 0.3 is 0 Å². The van der Waals surface area contributed by atoms with Gasteiger partial charge in [-0.15, -0.1) is 0 Å². The van der Waals surface area contributed by atoms with Crippen molar-refractivity contribution in [2.24, 2.45) is 11.7 Å². The summed E-state index contributed by atoms with van der Waals surface area (Å²) in [5, 5.41) is 0. The van der Waals surface area contributed by atoms with E-state index in [0.29, 0.717) is 11.8 Å². The van der Waals surface area contributed by atoms with Crippen molar-refractivity contribution in [3.63, 3.8) is 0 Å². The Morgan fingerprint density at radius 3 is 2.94 bits per heavy atom. The highest BCUT2D eigenvalue weighted by Crippen LogP contribution is 2.41. The summed E-state index contributed by atoms with van der Waals surface area (Å²) >= 11 is 0. The summed E-state index contributed by atoms with van der Waals surface area (Å²) in [6, 6.07) is 4.26. The first kappa shape index (κ1) is 12.6. The van der Waals surface area contributed by atoms with Crippen LogP contribution in [0.1, 0.15) is 57.2 Å². The number of aromatic nitrogens is 1. The normalized spacial score (nSPS) is 23.2. The Kier molecular flexibility index (Phi) is 3.53. The molecule has 17 heavy (non-hydrogen) atoms. The lowest BCUT2D eigenvalue weighted by Crippen LogP contribution is -2.51. The van der Waals surface area contributed by atoms with Crippen LogP contribution in [-0.4, -0.2) is 10.5 Å². The molecule has 1 aliphatic rings. The third kappa shape index (κ3) is 2.11. The molecule has 2 nitrogen and oxygen atoms in total. The number of hydrogen-bond acceptors (Lipinski definition) is 2. The smallest absolute Gasteiger partial charge is 0.0484 e. The lowest BCUT2D eigenvalue weighted by atomic mass is 9.68. The number of hydrogen-bond donors (Lipinski definition) is 1. The zero-order valence-electron chi connectivity index (χ0n) is 11.2. The van der Waals surface area contributed by atoms with Crippen LogP contribution in [0.3, 0.4) is 0 Å². The molecule has 1 aromatic heterocycles. The Morgan fingerprint density at radius 1 is 1.53 bits per heavy atom. The van der Waals surface area contributed by atoms with Gasteiger partial charge in [0.2, 0.25) is 0 Å². The van der Waals surface area contributed by atoms with Crippen LogP contribution in [0.2, 0.25) is 0 Å². The lowest BCUT2D eigenvalue weighted by Gasteiger charge is -2.42. The minimum atomic E-state index is -0.108. The highest BCUT2D eigenvalue weighted by molar-refractivity contribution is 5.29. The summed E-state index contributed by atoms with van der Waals surface area (Å²) < 4.78 is 0. The third-order valence-corrected chi connectivity index (χ3v) is 4.53. The van der Waals surface area contributed by atoms with Gasteiger partial charge in [0, 0.05) is 23.3 Å². The molecule has 1 heterocycles. The molecule has 1 aliphatic carbocycles.